The molecule has 2 aromatic rings. The summed E-state index contributed by atoms with van der Waals surface area (Å²) in [7, 11) is 1.39. The monoisotopic (exact) mass is 288 g/mol. The van der Waals surface area contributed by atoms with Crippen LogP contribution in [0.2, 0.25) is 0 Å². The maximum atomic E-state index is 12.0. The van der Waals surface area contributed by atoms with E-state index in [0.717, 1.165) is 17.6 Å². The van der Waals surface area contributed by atoms with E-state index in [1.165, 1.54) is 20.0 Å². The average molecular weight is 288 g/mol. The summed E-state index contributed by atoms with van der Waals surface area (Å²) in [5.74, 6) is 0.259. The molecule has 1 aliphatic carbocycles. The summed E-state index contributed by atoms with van der Waals surface area (Å²) in [6, 6.07) is 5.50. The summed E-state index contributed by atoms with van der Waals surface area (Å²) in [6.45, 7) is 4.18. The standard InChI is InChI=1S/C16H20N2O3/c1-16(2,20)13-7-6-11-8-12(15(19)21-3)18(14(11)17-13)9-10-4-5-10/h6-8,10,20H,4-5,9H2,1-3H3. The number of hydrogen-bond donors (Lipinski definition) is 1. The first kappa shape index (κ1) is 14.1. The van der Waals surface area contributed by atoms with E-state index in [1.54, 1.807) is 19.9 Å². The number of aliphatic hydroxyl groups is 1. The van der Waals surface area contributed by atoms with Crippen LogP contribution in [-0.4, -0.2) is 27.7 Å². The second-order valence-electron chi connectivity index (χ2n) is 6.24. The molecule has 0 aromatic carbocycles. The first-order valence-corrected chi connectivity index (χ1v) is 7.21. The molecule has 3 rings (SSSR count). The van der Waals surface area contributed by atoms with Gasteiger partial charge < -0.3 is 14.4 Å². The van der Waals surface area contributed by atoms with E-state index in [2.05, 4.69) is 4.98 Å². The molecular formula is C16H20N2O3. The van der Waals surface area contributed by atoms with Crippen LogP contribution in [0.5, 0.6) is 0 Å². The number of methoxy groups -OCH3 is 1. The third kappa shape index (κ3) is 2.65. The minimum absolute atomic E-state index is 0.349. The number of hydrogen-bond acceptors (Lipinski definition) is 4. The summed E-state index contributed by atoms with van der Waals surface area (Å²) >= 11 is 0. The Hall–Kier alpha value is -1.88. The molecule has 5 nitrogen and oxygen atoms in total. The Morgan fingerprint density at radius 1 is 1.48 bits per heavy atom. The zero-order chi connectivity index (χ0) is 15.2. The van der Waals surface area contributed by atoms with Gasteiger partial charge in [-0.3, -0.25) is 0 Å². The van der Waals surface area contributed by atoms with E-state index in [9.17, 15) is 9.90 Å². The minimum Gasteiger partial charge on any atom is -0.464 e. The van der Waals surface area contributed by atoms with Gasteiger partial charge in [0.2, 0.25) is 0 Å². The van der Waals surface area contributed by atoms with Gasteiger partial charge in [0.15, 0.2) is 0 Å². The molecule has 0 amide bonds. The predicted octanol–water partition coefficient (Wildman–Crippen LogP) is 2.46. The largest absolute Gasteiger partial charge is 0.464 e. The van der Waals surface area contributed by atoms with Crippen LogP contribution in [0.3, 0.4) is 0 Å². The van der Waals surface area contributed by atoms with E-state index in [-0.39, 0.29) is 5.97 Å². The number of pyridine rings is 1. The highest BCUT2D eigenvalue weighted by Crippen LogP contribution is 2.33. The Kier molecular flexibility index (Phi) is 3.24. The molecule has 0 aliphatic heterocycles. The molecule has 2 heterocycles. The van der Waals surface area contributed by atoms with Crippen molar-refractivity contribution in [1.29, 1.82) is 0 Å². The third-order valence-electron chi connectivity index (χ3n) is 3.90. The van der Waals surface area contributed by atoms with Crippen molar-refractivity contribution in [2.75, 3.05) is 7.11 Å². The van der Waals surface area contributed by atoms with Crippen molar-refractivity contribution in [3.63, 3.8) is 0 Å². The number of ether oxygens (including phenoxy) is 1. The van der Waals surface area contributed by atoms with Crippen molar-refractivity contribution >= 4 is 17.0 Å². The minimum atomic E-state index is -1.01. The Morgan fingerprint density at radius 3 is 2.76 bits per heavy atom. The molecule has 0 unspecified atom stereocenters. The molecule has 1 aliphatic rings. The summed E-state index contributed by atoms with van der Waals surface area (Å²) < 4.78 is 6.79. The number of fused-ring (bicyclic) bond motifs is 1. The molecule has 5 heteroatoms. The normalized spacial score (nSPS) is 15.4. The summed E-state index contributed by atoms with van der Waals surface area (Å²) in [5.41, 5.74) is 0.858. The lowest BCUT2D eigenvalue weighted by Gasteiger charge is -2.17. The van der Waals surface area contributed by atoms with Crippen LogP contribution < -0.4 is 0 Å². The molecule has 112 valence electrons. The van der Waals surface area contributed by atoms with Crippen molar-refractivity contribution in [2.45, 2.75) is 38.8 Å². The molecular weight excluding hydrogens is 268 g/mol. The number of esters is 1. The summed E-state index contributed by atoms with van der Waals surface area (Å²) in [5, 5.41) is 11.0. The van der Waals surface area contributed by atoms with Crippen molar-refractivity contribution in [2.24, 2.45) is 5.92 Å². The van der Waals surface area contributed by atoms with Gasteiger partial charge >= 0.3 is 5.97 Å². The van der Waals surface area contributed by atoms with Gasteiger partial charge in [-0.15, -0.1) is 0 Å². The fourth-order valence-corrected chi connectivity index (χ4v) is 2.49. The molecule has 0 saturated heterocycles. The third-order valence-corrected chi connectivity index (χ3v) is 3.90. The van der Waals surface area contributed by atoms with Gasteiger partial charge in [-0.1, -0.05) is 0 Å². The molecule has 0 atom stereocenters. The van der Waals surface area contributed by atoms with Crippen LogP contribution in [-0.2, 0) is 16.9 Å². The van der Waals surface area contributed by atoms with Gasteiger partial charge in [-0.2, -0.15) is 0 Å². The Balaban J connectivity index is 2.16. The topological polar surface area (TPSA) is 64.3 Å². The van der Waals surface area contributed by atoms with Crippen molar-refractivity contribution < 1.29 is 14.6 Å². The molecule has 1 fully saturated rings. The van der Waals surface area contributed by atoms with Crippen LogP contribution in [0.1, 0.15) is 42.9 Å². The number of aromatic nitrogens is 2. The van der Waals surface area contributed by atoms with Gasteiger partial charge in [0.05, 0.1) is 12.8 Å². The fourth-order valence-electron chi connectivity index (χ4n) is 2.49. The molecule has 1 saturated carbocycles. The second-order valence-corrected chi connectivity index (χ2v) is 6.24. The number of rotatable bonds is 4. The molecule has 0 radical (unpaired) electrons. The number of carbonyl (C=O) groups excluding carboxylic acids is 1. The van der Waals surface area contributed by atoms with Crippen molar-refractivity contribution in [3.8, 4) is 0 Å². The van der Waals surface area contributed by atoms with Gasteiger partial charge in [0.1, 0.15) is 16.9 Å². The lowest BCUT2D eigenvalue weighted by Crippen LogP contribution is -2.18. The maximum Gasteiger partial charge on any atom is 0.354 e. The molecule has 1 N–H and O–H groups in total. The van der Waals surface area contributed by atoms with Crippen LogP contribution >= 0.6 is 0 Å². The van der Waals surface area contributed by atoms with Gasteiger partial charge in [-0.25, -0.2) is 9.78 Å². The van der Waals surface area contributed by atoms with E-state index >= 15 is 0 Å². The van der Waals surface area contributed by atoms with Crippen molar-refractivity contribution in [1.82, 2.24) is 9.55 Å². The van der Waals surface area contributed by atoms with Crippen LogP contribution in [0.25, 0.3) is 11.0 Å². The smallest absolute Gasteiger partial charge is 0.354 e. The zero-order valence-corrected chi connectivity index (χ0v) is 12.6. The Bertz CT molecular complexity index is 693. The first-order chi connectivity index (χ1) is 9.90. The van der Waals surface area contributed by atoms with Crippen LogP contribution in [0.15, 0.2) is 18.2 Å². The van der Waals surface area contributed by atoms with Gasteiger partial charge in [0.25, 0.3) is 0 Å². The fraction of sp³-hybridized carbons (Fsp3) is 0.500. The van der Waals surface area contributed by atoms with E-state index in [4.69, 9.17) is 4.74 Å². The maximum absolute atomic E-state index is 12.0. The highest BCUT2D eigenvalue weighted by molar-refractivity contribution is 5.94. The highest BCUT2D eigenvalue weighted by Gasteiger charge is 2.27. The summed E-state index contributed by atoms with van der Waals surface area (Å²) in [6.07, 6.45) is 2.37. The molecule has 0 bridgehead atoms. The van der Waals surface area contributed by atoms with E-state index in [1.807, 2.05) is 16.7 Å². The highest BCUT2D eigenvalue weighted by atomic mass is 16.5. The van der Waals surface area contributed by atoms with Gasteiger partial charge in [0, 0.05) is 11.9 Å². The summed E-state index contributed by atoms with van der Waals surface area (Å²) in [4.78, 5) is 16.5. The first-order valence-electron chi connectivity index (χ1n) is 7.21. The molecule has 21 heavy (non-hydrogen) atoms. The Labute approximate surface area is 123 Å². The van der Waals surface area contributed by atoms with Crippen molar-refractivity contribution in [3.05, 3.63) is 29.6 Å². The van der Waals surface area contributed by atoms with Gasteiger partial charge in [-0.05, 0) is 50.8 Å². The molecule has 0 spiro atoms. The van der Waals surface area contributed by atoms with Crippen LogP contribution in [0.4, 0.5) is 0 Å². The number of nitrogens with zero attached hydrogens (tertiary/aromatic N) is 2. The zero-order valence-electron chi connectivity index (χ0n) is 12.6. The van der Waals surface area contributed by atoms with Crippen LogP contribution in [0, 0.1) is 5.92 Å². The quantitative estimate of drug-likeness (QED) is 0.878. The van der Waals surface area contributed by atoms with E-state index < -0.39 is 5.60 Å². The lowest BCUT2D eigenvalue weighted by molar-refractivity contribution is 0.0588. The lowest BCUT2D eigenvalue weighted by atomic mass is 10.0. The SMILES string of the molecule is COC(=O)c1cc2ccc(C(C)(C)O)nc2n1CC1CC1. The molecule has 2 aromatic heterocycles. The second kappa shape index (κ2) is 4.84. The number of carbonyl (C=O) groups is 1. The average Bonchev–Trinajstić information content (AvgIpc) is 3.18. The Morgan fingerprint density at radius 2 is 2.19 bits per heavy atom. The van der Waals surface area contributed by atoms with E-state index in [0.29, 0.717) is 17.3 Å². The predicted molar refractivity (Wildman–Crippen MR) is 79.0 cm³/mol.